The number of anilines is 6. The lowest BCUT2D eigenvalue weighted by molar-refractivity contribution is 1.18. The number of fused-ring (bicyclic) bond motifs is 6. The maximum Gasteiger partial charge on any atom is 0.0645 e. The van der Waals surface area contributed by atoms with Crippen molar-refractivity contribution >= 4 is 88.2 Å². The van der Waals surface area contributed by atoms with Gasteiger partial charge in [-0.05, 0) is 118 Å². The molecule has 3 nitrogen and oxygen atoms in total. The van der Waals surface area contributed by atoms with Crippen molar-refractivity contribution in [3.8, 4) is 16.8 Å². The SMILES string of the molecule is [2H]c1c([2H])c(N(c2ccccc2)c2cccc3ccccc23)c([2H])c([2H])c1-c1ccc2cc(N(c3ccc4c5ccccc5n(-c5ccccc5)c4c3)c3cccc4ccccc34)ccc2c1. The molecule has 0 aliphatic carbocycles. The first kappa shape index (κ1) is 32.4. The molecule has 12 aromatic rings. The van der Waals surface area contributed by atoms with E-state index in [4.69, 9.17) is 0 Å². The minimum atomic E-state index is -0.114. The van der Waals surface area contributed by atoms with Crippen LogP contribution in [0.15, 0.2) is 249 Å². The summed E-state index contributed by atoms with van der Waals surface area (Å²) < 4.78 is 40.4. The second-order valence-electron chi connectivity index (χ2n) is 15.9. The molecule has 0 saturated heterocycles. The smallest absolute Gasteiger partial charge is 0.0645 e. The van der Waals surface area contributed by atoms with Crippen LogP contribution in [0.3, 0.4) is 0 Å². The predicted molar refractivity (Wildman–Crippen MR) is 268 cm³/mol. The van der Waals surface area contributed by atoms with Gasteiger partial charge in [0, 0.05) is 50.0 Å². The molecule has 0 spiro atoms. The Morgan fingerprint density at radius 3 is 1.54 bits per heavy atom. The fraction of sp³-hybridized carbons (Fsp3) is 0. The summed E-state index contributed by atoms with van der Waals surface area (Å²) in [6, 6.07) is 76.3. The monoisotopic (exact) mass is 807 g/mol. The first-order chi connectivity index (χ1) is 32.9. The fourth-order valence-electron chi connectivity index (χ4n) is 9.24. The molecule has 0 aliphatic heterocycles. The highest BCUT2D eigenvalue weighted by Crippen LogP contribution is 2.44. The highest BCUT2D eigenvalue weighted by atomic mass is 15.2. The quantitative estimate of drug-likeness (QED) is 0.151. The molecular formula is C60H41N3. The van der Waals surface area contributed by atoms with E-state index in [0.717, 1.165) is 77.5 Å². The Labute approximate surface area is 372 Å². The molecule has 3 heteroatoms. The van der Waals surface area contributed by atoms with Gasteiger partial charge in [0.05, 0.1) is 27.9 Å². The van der Waals surface area contributed by atoms with Crippen molar-refractivity contribution in [1.82, 2.24) is 4.57 Å². The molecule has 0 radical (unpaired) electrons. The first-order valence-electron chi connectivity index (χ1n) is 23.3. The van der Waals surface area contributed by atoms with Gasteiger partial charge in [-0.2, -0.15) is 0 Å². The second kappa shape index (κ2) is 15.3. The number of hydrogen-bond acceptors (Lipinski definition) is 2. The molecular weight excluding hydrogens is 763 g/mol. The van der Waals surface area contributed by atoms with Crippen molar-refractivity contribution in [2.75, 3.05) is 9.80 Å². The van der Waals surface area contributed by atoms with Gasteiger partial charge in [-0.25, -0.2) is 0 Å². The summed E-state index contributed by atoms with van der Waals surface area (Å²) in [4.78, 5) is 4.19. The third kappa shape index (κ3) is 6.38. The summed E-state index contributed by atoms with van der Waals surface area (Å²) in [5.41, 5.74) is 8.97. The van der Waals surface area contributed by atoms with Crippen LogP contribution in [0.1, 0.15) is 5.48 Å². The highest BCUT2D eigenvalue weighted by Gasteiger charge is 2.20. The normalized spacial score (nSPS) is 12.4. The van der Waals surface area contributed by atoms with Crippen molar-refractivity contribution in [2.24, 2.45) is 0 Å². The molecule has 63 heavy (non-hydrogen) atoms. The van der Waals surface area contributed by atoms with Crippen LogP contribution in [0.25, 0.3) is 70.9 Å². The number of nitrogens with zero attached hydrogens (tertiary/aromatic N) is 3. The summed E-state index contributed by atoms with van der Waals surface area (Å²) >= 11 is 0. The minimum Gasteiger partial charge on any atom is -0.310 e. The molecule has 0 aliphatic rings. The summed E-state index contributed by atoms with van der Waals surface area (Å²) in [7, 11) is 0. The molecule has 0 saturated carbocycles. The Morgan fingerprint density at radius 1 is 0.302 bits per heavy atom. The minimum absolute atomic E-state index is 0.0985. The third-order valence-electron chi connectivity index (χ3n) is 12.2. The molecule has 1 heterocycles. The van der Waals surface area contributed by atoms with Crippen LogP contribution >= 0.6 is 0 Å². The number of benzene rings is 11. The van der Waals surface area contributed by atoms with Gasteiger partial charge in [-0.1, -0.05) is 164 Å². The van der Waals surface area contributed by atoms with Gasteiger partial charge < -0.3 is 14.4 Å². The highest BCUT2D eigenvalue weighted by molar-refractivity contribution is 6.11. The van der Waals surface area contributed by atoms with Gasteiger partial charge >= 0.3 is 0 Å². The third-order valence-corrected chi connectivity index (χ3v) is 12.2. The average molecular weight is 808 g/mol. The van der Waals surface area contributed by atoms with Crippen LogP contribution in [0.5, 0.6) is 0 Å². The fourth-order valence-corrected chi connectivity index (χ4v) is 9.24. The van der Waals surface area contributed by atoms with Gasteiger partial charge in [0.2, 0.25) is 0 Å². The Kier molecular flexibility index (Phi) is 7.84. The maximum absolute atomic E-state index is 9.52. The topological polar surface area (TPSA) is 11.4 Å². The Balaban J connectivity index is 0.998. The van der Waals surface area contributed by atoms with E-state index in [1.54, 1.807) is 0 Å². The lowest BCUT2D eigenvalue weighted by Gasteiger charge is -2.27. The predicted octanol–water partition coefficient (Wildman–Crippen LogP) is 16.8. The zero-order valence-corrected chi connectivity index (χ0v) is 34.2. The largest absolute Gasteiger partial charge is 0.310 e. The van der Waals surface area contributed by atoms with E-state index in [2.05, 4.69) is 137 Å². The van der Waals surface area contributed by atoms with Crippen molar-refractivity contribution < 1.29 is 5.48 Å². The van der Waals surface area contributed by atoms with Crippen LogP contribution < -0.4 is 9.80 Å². The molecule has 0 fully saturated rings. The van der Waals surface area contributed by atoms with E-state index in [9.17, 15) is 5.48 Å². The van der Waals surface area contributed by atoms with Gasteiger partial charge in [0.15, 0.2) is 0 Å². The van der Waals surface area contributed by atoms with E-state index in [1.165, 1.54) is 10.8 Å². The van der Waals surface area contributed by atoms with E-state index < -0.39 is 0 Å². The van der Waals surface area contributed by atoms with Crippen LogP contribution in [0.4, 0.5) is 34.1 Å². The van der Waals surface area contributed by atoms with Crippen molar-refractivity contribution in [3.05, 3.63) is 249 Å². The molecule has 1 aromatic heterocycles. The van der Waals surface area contributed by atoms with Crippen LogP contribution in [0, 0.1) is 0 Å². The summed E-state index contributed by atoms with van der Waals surface area (Å²) in [5, 5.41) is 8.49. The number of rotatable bonds is 8. The van der Waals surface area contributed by atoms with E-state index >= 15 is 0 Å². The Hall–Kier alpha value is -8.40. The van der Waals surface area contributed by atoms with E-state index in [1.807, 2.05) is 102 Å². The average Bonchev–Trinajstić information content (AvgIpc) is 3.71. The Bertz CT molecular complexity index is 3850. The lowest BCUT2D eigenvalue weighted by Crippen LogP contribution is -2.10. The Morgan fingerprint density at radius 2 is 0.825 bits per heavy atom. The van der Waals surface area contributed by atoms with Crippen molar-refractivity contribution in [2.45, 2.75) is 0 Å². The molecule has 296 valence electrons. The maximum atomic E-state index is 9.52. The lowest BCUT2D eigenvalue weighted by atomic mass is 9.99. The summed E-state index contributed by atoms with van der Waals surface area (Å²) in [5.74, 6) is 0. The zero-order valence-electron chi connectivity index (χ0n) is 38.2. The molecule has 0 unspecified atom stereocenters. The molecule has 0 bridgehead atoms. The second-order valence-corrected chi connectivity index (χ2v) is 15.9. The standard InChI is InChI=1S/C60H41N3/c1-3-19-48(20-4-1)61(57-27-13-17-43-15-7-9-23-53(43)57)50-34-31-42(32-35-50)45-29-30-47-40-51(36-33-46(47)39-45)62(58-28-14-18-44-16-8-10-24-54(44)58)52-37-38-56-55-25-11-12-26-59(55)63(60(56)41-52)49-21-5-2-6-22-49/h1-41H/i31D,32D,34D,35D. The van der Waals surface area contributed by atoms with Crippen molar-refractivity contribution in [1.29, 1.82) is 0 Å². The van der Waals surface area contributed by atoms with Crippen LogP contribution in [-0.4, -0.2) is 4.57 Å². The molecule has 11 aromatic carbocycles. The van der Waals surface area contributed by atoms with E-state index in [0.29, 0.717) is 5.56 Å². The van der Waals surface area contributed by atoms with Crippen LogP contribution in [-0.2, 0) is 0 Å². The number of aromatic nitrogens is 1. The van der Waals surface area contributed by atoms with Gasteiger partial charge in [0.25, 0.3) is 0 Å². The molecule has 0 N–H and O–H groups in total. The molecule has 12 rings (SSSR count). The van der Waals surface area contributed by atoms with Crippen molar-refractivity contribution in [3.63, 3.8) is 0 Å². The van der Waals surface area contributed by atoms with Crippen LogP contribution in [0.2, 0.25) is 0 Å². The number of para-hydroxylation sites is 3. The molecule has 0 amide bonds. The van der Waals surface area contributed by atoms with Gasteiger partial charge in [-0.3, -0.25) is 0 Å². The van der Waals surface area contributed by atoms with E-state index in [-0.39, 0.29) is 35.4 Å². The van der Waals surface area contributed by atoms with Gasteiger partial charge in [0.1, 0.15) is 0 Å². The number of hydrogen-bond donors (Lipinski definition) is 0. The first-order valence-corrected chi connectivity index (χ1v) is 21.3. The molecule has 0 atom stereocenters. The summed E-state index contributed by atoms with van der Waals surface area (Å²) in [6.45, 7) is 0. The van der Waals surface area contributed by atoms with Gasteiger partial charge in [-0.15, -0.1) is 0 Å². The summed E-state index contributed by atoms with van der Waals surface area (Å²) in [6.07, 6.45) is 0. The zero-order chi connectivity index (χ0) is 45.2.